The summed E-state index contributed by atoms with van der Waals surface area (Å²) in [5.74, 6) is 2.05. The highest BCUT2D eigenvalue weighted by Crippen LogP contribution is 2.35. The molecule has 0 unspecified atom stereocenters. The molecule has 1 aliphatic heterocycles. The number of fused-ring (bicyclic) bond motifs is 1. The van der Waals surface area contributed by atoms with Crippen LogP contribution in [0.15, 0.2) is 71.8 Å². The third-order valence-electron chi connectivity index (χ3n) is 6.02. The molecule has 0 saturated heterocycles. The average molecular weight is 488 g/mol. The lowest BCUT2D eigenvalue weighted by Crippen LogP contribution is -2.37. The number of nitrogens with zero attached hydrogens (tertiary/aromatic N) is 1. The summed E-state index contributed by atoms with van der Waals surface area (Å²) in [6.07, 6.45) is 0.639. The molecule has 0 bridgehead atoms. The summed E-state index contributed by atoms with van der Waals surface area (Å²) in [6, 6.07) is 22.4. The van der Waals surface area contributed by atoms with Crippen LogP contribution in [0.4, 0.5) is 5.69 Å². The zero-order valence-corrected chi connectivity index (χ0v) is 21.8. The third kappa shape index (κ3) is 6.40. The number of hydrazone groups is 1. The van der Waals surface area contributed by atoms with Crippen molar-refractivity contribution in [3.05, 3.63) is 89.0 Å². The number of hydrogen-bond donors (Lipinski definition) is 2. The molecule has 3 aromatic carbocycles. The normalized spacial score (nSPS) is 15.3. The van der Waals surface area contributed by atoms with Gasteiger partial charge in [0, 0.05) is 17.7 Å². The molecule has 2 N–H and O–H groups in total. The fourth-order valence-corrected chi connectivity index (χ4v) is 4.17. The second-order valence-electron chi connectivity index (χ2n) is 9.81. The highest BCUT2D eigenvalue weighted by atomic mass is 32.1. The summed E-state index contributed by atoms with van der Waals surface area (Å²) in [4.78, 5) is 0. The van der Waals surface area contributed by atoms with Gasteiger partial charge in [-0.3, -0.25) is 5.43 Å². The number of nitrogens with one attached hydrogen (secondary N) is 2. The summed E-state index contributed by atoms with van der Waals surface area (Å²) in [5.41, 5.74) is 9.00. The van der Waals surface area contributed by atoms with Crippen molar-refractivity contribution in [2.24, 2.45) is 5.10 Å². The predicted octanol–water partition coefficient (Wildman–Crippen LogP) is 6.95. The Labute approximate surface area is 213 Å². The number of anilines is 1. The van der Waals surface area contributed by atoms with Crippen LogP contribution in [0, 0.1) is 6.92 Å². The molecule has 0 spiro atoms. The first-order valence-corrected chi connectivity index (χ1v) is 12.4. The number of hydrogen-bond acceptors (Lipinski definition) is 4. The van der Waals surface area contributed by atoms with Crippen molar-refractivity contribution in [2.45, 2.75) is 59.2 Å². The Hall–Kier alpha value is -3.38. The van der Waals surface area contributed by atoms with E-state index in [1.54, 1.807) is 0 Å². The summed E-state index contributed by atoms with van der Waals surface area (Å²) in [7, 11) is 0. The van der Waals surface area contributed by atoms with Gasteiger partial charge < -0.3 is 14.8 Å². The van der Waals surface area contributed by atoms with Crippen LogP contribution >= 0.6 is 12.2 Å². The van der Waals surface area contributed by atoms with E-state index in [1.165, 1.54) is 11.1 Å². The van der Waals surface area contributed by atoms with Gasteiger partial charge in [-0.25, -0.2) is 0 Å². The highest BCUT2D eigenvalue weighted by molar-refractivity contribution is 7.80. The van der Waals surface area contributed by atoms with Crippen LogP contribution in [0.25, 0.3) is 0 Å². The highest BCUT2D eigenvalue weighted by Gasteiger charge is 2.31. The molecule has 35 heavy (non-hydrogen) atoms. The number of thiocarbonyl (C=S) groups is 1. The lowest BCUT2D eigenvalue weighted by Gasteiger charge is -2.33. The molecular formula is C29H33N3O2S. The van der Waals surface area contributed by atoms with Gasteiger partial charge in [0.15, 0.2) is 5.11 Å². The maximum atomic E-state index is 6.21. The Morgan fingerprint density at radius 3 is 2.54 bits per heavy atom. The van der Waals surface area contributed by atoms with Gasteiger partial charge in [0.05, 0.1) is 5.71 Å². The molecule has 1 aliphatic rings. The molecule has 3 aromatic rings. The molecule has 0 amide bonds. The maximum absolute atomic E-state index is 6.21. The SMILES string of the molecule is Cc1ccccc1COc1ccc2c(c1)/C(=N/NC(=S)Nc1ccc(C(C)C)cc1)CC(C)(C)O2. The van der Waals surface area contributed by atoms with Gasteiger partial charge in [0.1, 0.15) is 23.7 Å². The summed E-state index contributed by atoms with van der Waals surface area (Å²) < 4.78 is 12.3. The van der Waals surface area contributed by atoms with Crippen LogP contribution in [0.2, 0.25) is 0 Å². The summed E-state index contributed by atoms with van der Waals surface area (Å²) >= 11 is 5.49. The fraction of sp³-hybridized carbons (Fsp3) is 0.310. The molecule has 6 heteroatoms. The first kappa shape index (κ1) is 24.7. The summed E-state index contributed by atoms with van der Waals surface area (Å²) in [6.45, 7) is 11.1. The number of benzene rings is 3. The van der Waals surface area contributed by atoms with Gasteiger partial charge in [-0.2, -0.15) is 5.10 Å². The first-order chi connectivity index (χ1) is 16.7. The van der Waals surface area contributed by atoms with Crippen LogP contribution < -0.4 is 20.2 Å². The second-order valence-corrected chi connectivity index (χ2v) is 10.2. The zero-order valence-electron chi connectivity index (χ0n) is 21.0. The third-order valence-corrected chi connectivity index (χ3v) is 6.22. The Balaban J connectivity index is 1.48. The van der Waals surface area contributed by atoms with Gasteiger partial charge in [0.25, 0.3) is 0 Å². The van der Waals surface area contributed by atoms with Crippen LogP contribution in [0.5, 0.6) is 11.5 Å². The topological polar surface area (TPSA) is 54.9 Å². The number of rotatable bonds is 6. The first-order valence-electron chi connectivity index (χ1n) is 11.9. The van der Waals surface area contributed by atoms with Gasteiger partial charge in [0.2, 0.25) is 0 Å². The minimum absolute atomic E-state index is 0.376. The molecule has 0 aliphatic carbocycles. The smallest absolute Gasteiger partial charge is 0.191 e. The standard InChI is InChI=1S/C29H33N3O2S/c1-19(2)21-10-12-23(13-11-21)30-28(35)32-31-26-17-29(4,5)34-27-15-14-24(16-25(26)27)33-18-22-9-7-6-8-20(22)3/h6-16,19H,17-18H2,1-5H3,(H2,30,32,35)/b31-26+. The Bertz CT molecular complexity index is 1230. The Morgan fingerprint density at radius 1 is 1.09 bits per heavy atom. The molecule has 0 aromatic heterocycles. The van der Waals surface area contributed by atoms with E-state index in [2.05, 4.69) is 74.7 Å². The van der Waals surface area contributed by atoms with E-state index in [9.17, 15) is 0 Å². The molecule has 0 atom stereocenters. The molecule has 0 saturated carbocycles. The van der Waals surface area contributed by atoms with Crippen LogP contribution in [0.1, 0.15) is 62.3 Å². The van der Waals surface area contributed by atoms with Crippen molar-refractivity contribution >= 4 is 28.7 Å². The molecule has 0 fully saturated rings. The molecule has 1 heterocycles. The lowest BCUT2D eigenvalue weighted by atomic mass is 9.92. The van der Waals surface area contributed by atoms with E-state index in [0.717, 1.165) is 34.0 Å². The second kappa shape index (κ2) is 10.5. The molecular weight excluding hydrogens is 454 g/mol. The van der Waals surface area contributed by atoms with Gasteiger partial charge >= 0.3 is 0 Å². The fourth-order valence-electron chi connectivity index (χ4n) is 4.01. The quantitative estimate of drug-likeness (QED) is 0.291. The van der Waals surface area contributed by atoms with Gasteiger partial charge in [-0.05, 0) is 85.9 Å². The van der Waals surface area contributed by atoms with Crippen molar-refractivity contribution < 1.29 is 9.47 Å². The minimum Gasteiger partial charge on any atom is -0.489 e. The summed E-state index contributed by atoms with van der Waals surface area (Å²) in [5, 5.41) is 8.31. The lowest BCUT2D eigenvalue weighted by molar-refractivity contribution is 0.111. The zero-order chi connectivity index (χ0) is 25.0. The average Bonchev–Trinajstić information content (AvgIpc) is 2.82. The molecule has 5 nitrogen and oxygen atoms in total. The monoisotopic (exact) mass is 487 g/mol. The van der Waals surface area contributed by atoms with E-state index < -0.39 is 0 Å². The van der Waals surface area contributed by atoms with Crippen LogP contribution in [-0.2, 0) is 6.61 Å². The van der Waals surface area contributed by atoms with E-state index in [-0.39, 0.29) is 5.60 Å². The number of ether oxygens (including phenoxy) is 2. The predicted molar refractivity (Wildman–Crippen MR) is 148 cm³/mol. The maximum Gasteiger partial charge on any atom is 0.191 e. The van der Waals surface area contributed by atoms with Crippen molar-refractivity contribution in [1.29, 1.82) is 0 Å². The van der Waals surface area contributed by atoms with Crippen LogP contribution in [-0.4, -0.2) is 16.4 Å². The molecule has 4 rings (SSSR count). The van der Waals surface area contributed by atoms with Crippen molar-refractivity contribution in [2.75, 3.05) is 5.32 Å². The van der Waals surface area contributed by atoms with E-state index in [0.29, 0.717) is 24.1 Å². The molecule has 182 valence electrons. The molecule has 0 radical (unpaired) electrons. The van der Waals surface area contributed by atoms with Gasteiger partial charge in [-0.15, -0.1) is 0 Å². The largest absolute Gasteiger partial charge is 0.489 e. The van der Waals surface area contributed by atoms with E-state index in [1.807, 2.05) is 42.5 Å². The van der Waals surface area contributed by atoms with Gasteiger partial charge in [-0.1, -0.05) is 50.2 Å². The van der Waals surface area contributed by atoms with Crippen molar-refractivity contribution in [3.63, 3.8) is 0 Å². The minimum atomic E-state index is -0.376. The van der Waals surface area contributed by atoms with Crippen LogP contribution in [0.3, 0.4) is 0 Å². The Morgan fingerprint density at radius 2 is 1.83 bits per heavy atom. The van der Waals surface area contributed by atoms with Crippen molar-refractivity contribution in [1.82, 2.24) is 5.43 Å². The van der Waals surface area contributed by atoms with E-state index >= 15 is 0 Å². The Kier molecular flexibility index (Phi) is 7.41. The van der Waals surface area contributed by atoms with E-state index in [4.69, 9.17) is 21.7 Å². The van der Waals surface area contributed by atoms with Crippen molar-refractivity contribution in [3.8, 4) is 11.5 Å². The number of aryl methyl sites for hydroxylation is 1.